The second-order valence-corrected chi connectivity index (χ2v) is 7.78. The van der Waals surface area contributed by atoms with Crippen LogP contribution in [0, 0.1) is 5.41 Å². The standard InChI is InChI=1S/C25H27NO/c1-5-16-27-24(25(2,3)4)23(17-19-10-9-15-26-18-19)22-14-8-12-20-11-6-7-13-21(20)22/h5-15,17-18,24H,1,16H2,2-4H3. The van der Waals surface area contributed by atoms with E-state index in [4.69, 9.17) is 4.74 Å². The molecule has 3 rings (SSSR count). The lowest BCUT2D eigenvalue weighted by molar-refractivity contribution is 0.0392. The third-order valence-electron chi connectivity index (χ3n) is 4.56. The monoisotopic (exact) mass is 357 g/mol. The number of hydrogen-bond donors (Lipinski definition) is 0. The Morgan fingerprint density at radius 1 is 1.07 bits per heavy atom. The van der Waals surface area contributed by atoms with Crippen LogP contribution in [0.3, 0.4) is 0 Å². The van der Waals surface area contributed by atoms with Gasteiger partial charge < -0.3 is 4.74 Å². The van der Waals surface area contributed by atoms with E-state index in [0.29, 0.717) is 6.61 Å². The number of rotatable bonds is 6. The van der Waals surface area contributed by atoms with Crippen LogP contribution >= 0.6 is 0 Å². The molecule has 0 bridgehead atoms. The van der Waals surface area contributed by atoms with Crippen molar-refractivity contribution in [3.8, 4) is 0 Å². The fourth-order valence-corrected chi connectivity index (χ4v) is 3.38. The van der Waals surface area contributed by atoms with Gasteiger partial charge in [-0.15, -0.1) is 6.58 Å². The molecule has 138 valence electrons. The van der Waals surface area contributed by atoms with E-state index >= 15 is 0 Å². The number of fused-ring (bicyclic) bond motifs is 1. The quantitative estimate of drug-likeness (QED) is 0.477. The van der Waals surface area contributed by atoms with Crippen molar-refractivity contribution in [3.63, 3.8) is 0 Å². The molecule has 2 aromatic carbocycles. The highest BCUT2D eigenvalue weighted by molar-refractivity contribution is 5.98. The van der Waals surface area contributed by atoms with Crippen molar-refractivity contribution in [2.24, 2.45) is 5.41 Å². The summed E-state index contributed by atoms with van der Waals surface area (Å²) in [6.45, 7) is 11.0. The molecular weight excluding hydrogens is 330 g/mol. The number of aromatic nitrogens is 1. The average Bonchev–Trinajstić information content (AvgIpc) is 2.67. The van der Waals surface area contributed by atoms with Crippen LogP contribution in [-0.4, -0.2) is 17.7 Å². The molecule has 27 heavy (non-hydrogen) atoms. The van der Waals surface area contributed by atoms with E-state index in [1.165, 1.54) is 16.3 Å². The number of pyridine rings is 1. The summed E-state index contributed by atoms with van der Waals surface area (Å²) in [5.41, 5.74) is 3.35. The summed E-state index contributed by atoms with van der Waals surface area (Å²) in [4.78, 5) is 4.28. The Balaban J connectivity index is 2.23. The normalized spacial score (nSPS) is 13.5. The summed E-state index contributed by atoms with van der Waals surface area (Å²) in [7, 11) is 0. The van der Waals surface area contributed by atoms with E-state index in [0.717, 1.165) is 11.1 Å². The molecule has 0 N–H and O–H groups in total. The molecule has 1 aromatic heterocycles. The average molecular weight is 357 g/mol. The zero-order valence-electron chi connectivity index (χ0n) is 16.4. The molecule has 0 radical (unpaired) electrons. The van der Waals surface area contributed by atoms with Crippen molar-refractivity contribution in [2.45, 2.75) is 26.9 Å². The van der Waals surface area contributed by atoms with E-state index in [1.54, 1.807) is 6.20 Å². The molecule has 0 aliphatic rings. The van der Waals surface area contributed by atoms with Gasteiger partial charge in [0.05, 0.1) is 12.7 Å². The molecule has 0 aliphatic carbocycles. The Morgan fingerprint density at radius 3 is 2.56 bits per heavy atom. The Labute approximate surface area is 162 Å². The van der Waals surface area contributed by atoms with E-state index in [9.17, 15) is 0 Å². The van der Waals surface area contributed by atoms with Crippen LogP contribution in [0.1, 0.15) is 31.9 Å². The van der Waals surface area contributed by atoms with Crippen LogP contribution in [0.15, 0.2) is 79.6 Å². The van der Waals surface area contributed by atoms with Crippen LogP contribution in [-0.2, 0) is 4.74 Å². The first-order chi connectivity index (χ1) is 13.0. The van der Waals surface area contributed by atoms with Gasteiger partial charge in [0.25, 0.3) is 0 Å². The first kappa shape index (κ1) is 19.1. The van der Waals surface area contributed by atoms with Crippen LogP contribution in [0.4, 0.5) is 0 Å². The predicted octanol–water partition coefficient (Wildman–Crippen LogP) is 6.39. The molecule has 1 heterocycles. The summed E-state index contributed by atoms with van der Waals surface area (Å²) >= 11 is 0. The van der Waals surface area contributed by atoms with E-state index in [1.807, 2.05) is 18.3 Å². The van der Waals surface area contributed by atoms with E-state index in [2.05, 4.69) is 86.9 Å². The topological polar surface area (TPSA) is 22.1 Å². The Hall–Kier alpha value is -2.71. The number of benzene rings is 2. The molecule has 1 unspecified atom stereocenters. The molecule has 2 nitrogen and oxygen atoms in total. The number of nitrogens with zero attached hydrogens (tertiary/aromatic N) is 1. The molecule has 0 spiro atoms. The molecule has 0 fully saturated rings. The Bertz CT molecular complexity index is 930. The molecule has 1 atom stereocenters. The van der Waals surface area contributed by atoms with Gasteiger partial charge in [-0.3, -0.25) is 4.98 Å². The summed E-state index contributed by atoms with van der Waals surface area (Å²) in [6.07, 6.45) is 7.61. The van der Waals surface area contributed by atoms with Gasteiger partial charge in [0.15, 0.2) is 0 Å². The molecule has 3 aromatic rings. The minimum Gasteiger partial charge on any atom is -0.369 e. The Kier molecular flexibility index (Phi) is 5.88. The summed E-state index contributed by atoms with van der Waals surface area (Å²) in [6, 6.07) is 19.0. The van der Waals surface area contributed by atoms with Gasteiger partial charge >= 0.3 is 0 Å². The molecule has 0 saturated heterocycles. The highest BCUT2D eigenvalue weighted by atomic mass is 16.5. The fraction of sp³-hybridized carbons (Fsp3) is 0.240. The molecule has 0 amide bonds. The summed E-state index contributed by atoms with van der Waals surface area (Å²) in [5, 5.41) is 2.45. The molecular formula is C25H27NO. The van der Waals surface area contributed by atoms with Crippen molar-refractivity contribution in [2.75, 3.05) is 6.61 Å². The van der Waals surface area contributed by atoms with Crippen molar-refractivity contribution >= 4 is 22.4 Å². The third kappa shape index (κ3) is 4.53. The van der Waals surface area contributed by atoms with Crippen molar-refractivity contribution in [1.29, 1.82) is 0 Å². The van der Waals surface area contributed by atoms with Gasteiger partial charge in [-0.2, -0.15) is 0 Å². The highest BCUT2D eigenvalue weighted by Crippen LogP contribution is 2.37. The maximum atomic E-state index is 6.29. The zero-order chi connectivity index (χ0) is 19.3. The SMILES string of the molecule is C=CCOC(C(=Cc1cccnc1)c1cccc2ccccc12)C(C)(C)C. The summed E-state index contributed by atoms with van der Waals surface area (Å²) in [5.74, 6) is 0. The van der Waals surface area contributed by atoms with Gasteiger partial charge in [0, 0.05) is 12.4 Å². The van der Waals surface area contributed by atoms with Gasteiger partial charge in [-0.05, 0) is 45.0 Å². The van der Waals surface area contributed by atoms with Crippen molar-refractivity contribution < 1.29 is 4.74 Å². The maximum Gasteiger partial charge on any atom is 0.0883 e. The van der Waals surface area contributed by atoms with Gasteiger partial charge in [0.1, 0.15) is 0 Å². The van der Waals surface area contributed by atoms with Gasteiger partial charge in [0.2, 0.25) is 0 Å². The van der Waals surface area contributed by atoms with Crippen molar-refractivity contribution in [1.82, 2.24) is 4.98 Å². The lowest BCUT2D eigenvalue weighted by Crippen LogP contribution is -2.31. The third-order valence-corrected chi connectivity index (χ3v) is 4.56. The maximum absolute atomic E-state index is 6.29. The molecule has 0 aliphatic heterocycles. The summed E-state index contributed by atoms with van der Waals surface area (Å²) < 4.78 is 6.29. The van der Waals surface area contributed by atoms with Gasteiger partial charge in [-0.25, -0.2) is 0 Å². The van der Waals surface area contributed by atoms with Crippen LogP contribution < -0.4 is 0 Å². The second-order valence-electron chi connectivity index (χ2n) is 7.78. The van der Waals surface area contributed by atoms with E-state index < -0.39 is 0 Å². The van der Waals surface area contributed by atoms with Crippen molar-refractivity contribution in [3.05, 3.63) is 90.8 Å². The van der Waals surface area contributed by atoms with E-state index in [-0.39, 0.29) is 11.5 Å². The van der Waals surface area contributed by atoms with Crippen LogP contribution in [0.2, 0.25) is 0 Å². The predicted molar refractivity (Wildman–Crippen MR) is 115 cm³/mol. The van der Waals surface area contributed by atoms with Crippen LogP contribution in [0.5, 0.6) is 0 Å². The molecule has 0 saturated carbocycles. The van der Waals surface area contributed by atoms with Gasteiger partial charge in [-0.1, -0.05) is 75.4 Å². The minimum absolute atomic E-state index is 0.0754. The fourth-order valence-electron chi connectivity index (χ4n) is 3.38. The highest BCUT2D eigenvalue weighted by Gasteiger charge is 2.30. The lowest BCUT2D eigenvalue weighted by Gasteiger charge is -2.33. The smallest absolute Gasteiger partial charge is 0.0883 e. The first-order valence-electron chi connectivity index (χ1n) is 9.33. The lowest BCUT2D eigenvalue weighted by atomic mass is 9.80. The largest absolute Gasteiger partial charge is 0.369 e. The minimum atomic E-state index is -0.0819. The van der Waals surface area contributed by atoms with Crippen LogP contribution in [0.25, 0.3) is 22.4 Å². The zero-order valence-corrected chi connectivity index (χ0v) is 16.4. The molecule has 2 heteroatoms. The first-order valence-corrected chi connectivity index (χ1v) is 9.33. The second kappa shape index (κ2) is 8.32. The number of ether oxygens (including phenoxy) is 1. The Morgan fingerprint density at radius 2 is 1.85 bits per heavy atom. The number of hydrogen-bond acceptors (Lipinski definition) is 2.